The van der Waals surface area contributed by atoms with Gasteiger partial charge in [-0.3, -0.25) is 4.79 Å². The number of hydrogen-bond acceptors (Lipinski definition) is 15. The van der Waals surface area contributed by atoms with Crippen molar-refractivity contribution in [2.75, 3.05) is 13.2 Å². The van der Waals surface area contributed by atoms with Crippen LogP contribution in [0.3, 0.4) is 0 Å². The number of hydrogen-bond donors (Lipinski definition) is 9. The lowest BCUT2D eigenvalue weighted by atomic mass is 9.33. The maximum absolute atomic E-state index is 14.6. The molecule has 0 aromatic carbocycles. The third-order valence-electron chi connectivity index (χ3n) is 17.3. The molecule has 2 heterocycles. The molecule has 7 aliphatic rings. The fourth-order valence-electron chi connectivity index (χ4n) is 13.5. The smallest absolute Gasteiger partial charge is 0.338 e. The SMILES string of the molecule is CC1(C)CC[C@]2(C(=O)O[C@@H]3O[C@H](CO)[C@@H](O)[C@H](O)[C@H]3O)CC[C@]3(C)C(=CC[C@@H]4[C@@]5(C)CC[C@H](OC(=O)[C@H]6O[C@@H](O)[C@H](O)[C@@H](O)[C@@H]6O)[C@@](C)(CO)[C@@H]5CC[C@]43C)[C@H]2C1. The molecule has 0 bridgehead atoms. The monoisotopic (exact) mass is 810 g/mol. The molecule has 5 aliphatic carbocycles. The first kappa shape index (κ1) is 43.3. The van der Waals surface area contributed by atoms with Gasteiger partial charge in [-0.25, -0.2) is 4.79 Å². The Balaban J connectivity index is 1.16. The molecule has 0 radical (unpaired) electrons. The second-order valence-electron chi connectivity index (χ2n) is 20.5. The van der Waals surface area contributed by atoms with Crippen molar-refractivity contribution in [3.05, 3.63) is 11.6 Å². The van der Waals surface area contributed by atoms with Crippen LogP contribution in [0.4, 0.5) is 0 Å². The number of aliphatic hydroxyl groups excluding tert-OH is 9. The minimum Gasteiger partial charge on any atom is -0.460 e. The number of ether oxygens (including phenoxy) is 4. The number of allylic oxidation sites excluding steroid dienone is 2. The first-order valence-corrected chi connectivity index (χ1v) is 21.0. The predicted octanol–water partition coefficient (Wildman–Crippen LogP) is 0.815. The molecule has 19 atom stereocenters. The molecule has 0 amide bonds. The van der Waals surface area contributed by atoms with Crippen LogP contribution in [0.25, 0.3) is 0 Å². The van der Waals surface area contributed by atoms with Gasteiger partial charge in [0.2, 0.25) is 6.29 Å². The molecule has 57 heavy (non-hydrogen) atoms. The number of carbonyl (C=O) groups is 2. The summed E-state index contributed by atoms with van der Waals surface area (Å²) in [5.74, 6) is -1.52. The van der Waals surface area contributed by atoms with Gasteiger partial charge in [-0.15, -0.1) is 0 Å². The molecule has 6 fully saturated rings. The highest BCUT2D eigenvalue weighted by Gasteiger charge is 2.70. The van der Waals surface area contributed by atoms with Gasteiger partial charge in [0, 0.05) is 5.41 Å². The highest BCUT2D eigenvalue weighted by atomic mass is 16.7. The predicted molar refractivity (Wildman–Crippen MR) is 199 cm³/mol. The van der Waals surface area contributed by atoms with Crippen LogP contribution < -0.4 is 0 Å². The summed E-state index contributed by atoms with van der Waals surface area (Å²) in [6, 6.07) is 0. The Hall–Kier alpha value is -1.76. The van der Waals surface area contributed by atoms with Crippen molar-refractivity contribution in [3.63, 3.8) is 0 Å². The Morgan fingerprint density at radius 1 is 0.737 bits per heavy atom. The Morgan fingerprint density at radius 3 is 2.07 bits per heavy atom. The fourth-order valence-corrected chi connectivity index (χ4v) is 13.5. The minimum atomic E-state index is -1.89. The third kappa shape index (κ3) is 6.39. The lowest BCUT2D eigenvalue weighted by molar-refractivity contribution is -0.297. The van der Waals surface area contributed by atoms with Gasteiger partial charge >= 0.3 is 11.9 Å². The summed E-state index contributed by atoms with van der Waals surface area (Å²) in [6.45, 7) is 12.5. The summed E-state index contributed by atoms with van der Waals surface area (Å²) in [4.78, 5) is 28.0. The van der Waals surface area contributed by atoms with E-state index in [4.69, 9.17) is 18.9 Å². The molecule has 0 unspecified atom stereocenters. The summed E-state index contributed by atoms with van der Waals surface area (Å²) < 4.78 is 22.7. The van der Waals surface area contributed by atoms with Crippen LogP contribution in [0.5, 0.6) is 0 Å². The standard InChI is InChI=1S/C42H66O15/c1-37(2)13-15-42(36(53)57-35-31(50)27(46)26(45)22(18-43)54-35)16-14-40(5)20(21(42)17-37)7-8-24-38(3)11-10-25(39(4,19-44)23(38)9-12-41(24,40)6)55-34(52)32-29(48)28(47)30(49)33(51)56-32/h7,21-33,35,43-51H,8-19H2,1-6H3/t21-,22-,23-,24-,25+,26-,27+,28+,29+,30-,31-,32+,33-,35+,38+,39+,40-,41-,42+/m1/s1. The van der Waals surface area contributed by atoms with Crippen LogP contribution in [-0.2, 0) is 28.5 Å². The van der Waals surface area contributed by atoms with E-state index in [1.54, 1.807) is 0 Å². The van der Waals surface area contributed by atoms with E-state index in [0.29, 0.717) is 32.1 Å². The molecule has 2 saturated heterocycles. The molecule has 15 heteroatoms. The van der Waals surface area contributed by atoms with E-state index in [2.05, 4.69) is 40.7 Å². The van der Waals surface area contributed by atoms with Gasteiger partial charge < -0.3 is 64.9 Å². The van der Waals surface area contributed by atoms with Gasteiger partial charge in [0.15, 0.2) is 12.4 Å². The van der Waals surface area contributed by atoms with Crippen molar-refractivity contribution >= 4 is 11.9 Å². The van der Waals surface area contributed by atoms with Gasteiger partial charge in [0.1, 0.15) is 48.8 Å². The van der Waals surface area contributed by atoms with E-state index in [-0.39, 0.29) is 46.0 Å². The zero-order chi connectivity index (χ0) is 41.8. The number of fused-ring (bicyclic) bond motifs is 7. The van der Waals surface area contributed by atoms with Gasteiger partial charge in [0.25, 0.3) is 0 Å². The van der Waals surface area contributed by atoms with Crippen LogP contribution >= 0.6 is 0 Å². The Labute approximate surface area is 334 Å². The number of rotatable bonds is 6. The molecule has 15 nitrogen and oxygen atoms in total. The number of esters is 2. The second kappa shape index (κ2) is 14.7. The molecule has 9 N–H and O–H groups in total. The Morgan fingerprint density at radius 2 is 1.40 bits per heavy atom. The number of aliphatic hydroxyl groups is 9. The summed E-state index contributed by atoms with van der Waals surface area (Å²) in [6.07, 6.45) is -8.30. The van der Waals surface area contributed by atoms with E-state index in [0.717, 1.165) is 32.1 Å². The van der Waals surface area contributed by atoms with E-state index in [9.17, 15) is 55.5 Å². The largest absolute Gasteiger partial charge is 0.460 e. The normalized spacial score (nSPS) is 53.2. The van der Waals surface area contributed by atoms with E-state index in [1.807, 2.05) is 6.92 Å². The Kier molecular flexibility index (Phi) is 11.2. The van der Waals surface area contributed by atoms with Crippen molar-refractivity contribution in [1.29, 1.82) is 0 Å². The third-order valence-corrected chi connectivity index (χ3v) is 17.3. The zero-order valence-electron chi connectivity index (χ0n) is 34.1. The quantitative estimate of drug-likeness (QED) is 0.133. The molecule has 4 saturated carbocycles. The molecular weight excluding hydrogens is 744 g/mol. The van der Waals surface area contributed by atoms with Crippen molar-refractivity contribution in [3.8, 4) is 0 Å². The molecule has 324 valence electrons. The highest BCUT2D eigenvalue weighted by Crippen LogP contribution is 2.76. The second-order valence-corrected chi connectivity index (χ2v) is 20.5. The average molecular weight is 811 g/mol. The average Bonchev–Trinajstić information content (AvgIpc) is 3.16. The fraction of sp³-hybridized carbons (Fsp3) is 0.905. The zero-order valence-corrected chi connectivity index (χ0v) is 34.1. The van der Waals surface area contributed by atoms with E-state index >= 15 is 0 Å². The topological polar surface area (TPSA) is 253 Å². The maximum atomic E-state index is 14.6. The van der Waals surface area contributed by atoms with Crippen molar-refractivity contribution in [1.82, 2.24) is 0 Å². The minimum absolute atomic E-state index is 0.0572. The van der Waals surface area contributed by atoms with Crippen LogP contribution in [0.15, 0.2) is 11.6 Å². The summed E-state index contributed by atoms with van der Waals surface area (Å²) >= 11 is 0. The van der Waals surface area contributed by atoms with Crippen molar-refractivity contribution < 1.29 is 74.5 Å². The van der Waals surface area contributed by atoms with Crippen LogP contribution in [0.1, 0.15) is 106 Å². The van der Waals surface area contributed by atoms with E-state index in [1.165, 1.54) is 5.57 Å². The molecule has 0 spiro atoms. The lowest BCUT2D eigenvalue weighted by Gasteiger charge is -2.71. The summed E-state index contributed by atoms with van der Waals surface area (Å²) in [5, 5.41) is 93.1. The summed E-state index contributed by atoms with van der Waals surface area (Å²) in [5.41, 5.74) is -1.36. The lowest BCUT2D eigenvalue weighted by Crippen LogP contribution is -2.66. The highest BCUT2D eigenvalue weighted by molar-refractivity contribution is 5.79. The Bertz CT molecular complexity index is 1590. The summed E-state index contributed by atoms with van der Waals surface area (Å²) in [7, 11) is 0. The number of carbonyl (C=O) groups excluding carboxylic acids is 2. The maximum Gasteiger partial charge on any atom is 0.338 e. The van der Waals surface area contributed by atoms with Gasteiger partial charge in [0.05, 0.1) is 18.6 Å². The van der Waals surface area contributed by atoms with Crippen LogP contribution in [0.2, 0.25) is 0 Å². The van der Waals surface area contributed by atoms with Crippen molar-refractivity contribution in [2.45, 2.75) is 173 Å². The van der Waals surface area contributed by atoms with Gasteiger partial charge in [-0.2, -0.15) is 0 Å². The molecule has 2 aliphatic heterocycles. The molecule has 0 aromatic rings. The first-order chi connectivity index (χ1) is 26.5. The first-order valence-electron chi connectivity index (χ1n) is 21.0. The van der Waals surface area contributed by atoms with Gasteiger partial charge in [-0.1, -0.05) is 53.2 Å². The van der Waals surface area contributed by atoms with Crippen LogP contribution in [-0.4, -0.2) is 139 Å². The van der Waals surface area contributed by atoms with Crippen molar-refractivity contribution in [2.24, 2.45) is 50.2 Å². The molecular formula is C42H66O15. The van der Waals surface area contributed by atoms with Gasteiger partial charge in [-0.05, 0) is 104 Å². The van der Waals surface area contributed by atoms with Crippen LogP contribution in [0, 0.1) is 50.2 Å². The molecule has 0 aromatic heterocycles. The van der Waals surface area contributed by atoms with E-state index < -0.39 is 96.9 Å². The molecule has 7 rings (SSSR count).